The monoisotopic (exact) mass is 464 g/mol. The zero-order valence-corrected chi connectivity index (χ0v) is 19.9. The second-order valence-electron chi connectivity index (χ2n) is 9.04. The number of carbonyl (C=O) groups excluding carboxylic acids is 1. The van der Waals surface area contributed by atoms with Crippen molar-refractivity contribution in [2.24, 2.45) is 0 Å². The van der Waals surface area contributed by atoms with Crippen LogP contribution in [0.2, 0.25) is 0 Å². The molecule has 4 aromatic carbocycles. The highest BCUT2D eigenvalue weighted by atomic mass is 19.1. The summed E-state index contributed by atoms with van der Waals surface area (Å²) in [5.74, 6) is -0.661. The van der Waals surface area contributed by atoms with Crippen molar-refractivity contribution in [1.82, 2.24) is 9.80 Å². The maximum absolute atomic E-state index is 15.3. The number of halogens is 1. The fourth-order valence-corrected chi connectivity index (χ4v) is 4.97. The lowest BCUT2D eigenvalue weighted by molar-refractivity contribution is 0.0593. The van der Waals surface area contributed by atoms with Crippen LogP contribution in [0.1, 0.15) is 33.1 Å². The minimum Gasteiger partial charge on any atom is -0.336 e. The van der Waals surface area contributed by atoms with Gasteiger partial charge in [-0.1, -0.05) is 103 Å². The Morgan fingerprint density at radius 1 is 0.714 bits per heavy atom. The summed E-state index contributed by atoms with van der Waals surface area (Å²) in [6.45, 7) is 4.25. The number of carbonyl (C=O) groups is 1. The lowest BCUT2D eigenvalue weighted by Crippen LogP contribution is -2.50. The Kier molecular flexibility index (Phi) is 6.73. The van der Waals surface area contributed by atoms with Gasteiger partial charge in [0.25, 0.3) is 5.91 Å². The van der Waals surface area contributed by atoms with Gasteiger partial charge in [0, 0.05) is 26.2 Å². The molecule has 1 aliphatic heterocycles. The van der Waals surface area contributed by atoms with E-state index in [2.05, 4.69) is 53.4 Å². The zero-order valence-electron chi connectivity index (χ0n) is 19.9. The molecule has 1 amide bonds. The highest BCUT2D eigenvalue weighted by molar-refractivity contribution is 6.01. The maximum atomic E-state index is 15.3. The molecular formula is C31H29FN2O. The number of hydrogen-bond acceptors (Lipinski definition) is 2. The fourth-order valence-electron chi connectivity index (χ4n) is 4.97. The summed E-state index contributed by atoms with van der Waals surface area (Å²) < 4.78 is 15.3. The fraction of sp³-hybridized carbons (Fsp3) is 0.194. The molecule has 4 aromatic rings. The molecule has 176 valence electrons. The van der Waals surface area contributed by atoms with Crippen LogP contribution in [0.5, 0.6) is 0 Å². The maximum Gasteiger partial charge on any atom is 0.257 e. The summed E-state index contributed by atoms with van der Waals surface area (Å²) in [6.07, 6.45) is 0. The van der Waals surface area contributed by atoms with Crippen molar-refractivity contribution >= 4 is 5.91 Å². The average molecular weight is 465 g/mol. The molecule has 0 N–H and O–H groups in total. The van der Waals surface area contributed by atoms with Crippen molar-refractivity contribution in [3.63, 3.8) is 0 Å². The molecule has 0 saturated carbocycles. The molecule has 0 unspecified atom stereocenters. The van der Waals surface area contributed by atoms with E-state index in [1.165, 1.54) is 11.1 Å². The number of aryl methyl sites for hydroxylation is 1. The standard InChI is InChI=1S/C31H29FN2O/c1-23-17-18-27(24-11-5-2-6-12-24)28(29(23)32)31(35)34-21-19-33(20-22-34)30(25-13-7-3-8-14-25)26-15-9-4-10-16-26/h2-18,30H,19-22H2,1H3. The minimum atomic E-state index is -0.426. The molecule has 5 rings (SSSR count). The highest BCUT2D eigenvalue weighted by Crippen LogP contribution is 2.32. The normalized spacial score (nSPS) is 14.3. The van der Waals surface area contributed by atoms with Crippen LogP contribution >= 0.6 is 0 Å². The summed E-state index contributed by atoms with van der Waals surface area (Å²) in [6, 6.07) is 34.3. The number of hydrogen-bond donors (Lipinski definition) is 0. The molecule has 4 heteroatoms. The minimum absolute atomic E-state index is 0.116. The Bertz CT molecular complexity index is 1240. The lowest BCUT2D eigenvalue weighted by Gasteiger charge is -2.40. The van der Waals surface area contributed by atoms with Crippen molar-refractivity contribution in [2.45, 2.75) is 13.0 Å². The van der Waals surface area contributed by atoms with E-state index in [1.807, 2.05) is 48.5 Å². The third-order valence-corrected chi connectivity index (χ3v) is 6.83. The van der Waals surface area contributed by atoms with Gasteiger partial charge in [-0.3, -0.25) is 9.69 Å². The molecular weight excluding hydrogens is 435 g/mol. The van der Waals surface area contributed by atoms with E-state index in [9.17, 15) is 4.79 Å². The van der Waals surface area contributed by atoms with Crippen LogP contribution in [0.15, 0.2) is 103 Å². The number of nitrogens with zero attached hydrogens (tertiary/aromatic N) is 2. The van der Waals surface area contributed by atoms with Crippen LogP contribution in [0.3, 0.4) is 0 Å². The van der Waals surface area contributed by atoms with Crippen LogP contribution < -0.4 is 0 Å². The Morgan fingerprint density at radius 3 is 1.77 bits per heavy atom. The quantitative estimate of drug-likeness (QED) is 0.344. The van der Waals surface area contributed by atoms with Gasteiger partial charge >= 0.3 is 0 Å². The van der Waals surface area contributed by atoms with E-state index < -0.39 is 5.82 Å². The Hall–Kier alpha value is -3.76. The SMILES string of the molecule is Cc1ccc(-c2ccccc2)c(C(=O)N2CCN(C(c3ccccc3)c3ccccc3)CC2)c1F. The Balaban J connectivity index is 1.40. The molecule has 0 aromatic heterocycles. The van der Waals surface area contributed by atoms with Crippen molar-refractivity contribution in [3.05, 3.63) is 131 Å². The van der Waals surface area contributed by atoms with E-state index in [4.69, 9.17) is 0 Å². The van der Waals surface area contributed by atoms with Gasteiger partial charge in [-0.15, -0.1) is 0 Å². The first-order valence-corrected chi connectivity index (χ1v) is 12.1. The number of benzene rings is 4. The molecule has 35 heavy (non-hydrogen) atoms. The van der Waals surface area contributed by atoms with Crippen LogP contribution in [0.4, 0.5) is 4.39 Å². The third kappa shape index (κ3) is 4.75. The summed E-state index contributed by atoms with van der Waals surface area (Å²) in [5, 5.41) is 0. The van der Waals surface area contributed by atoms with Crippen molar-refractivity contribution < 1.29 is 9.18 Å². The summed E-state index contributed by atoms with van der Waals surface area (Å²) in [5.41, 5.74) is 4.62. The third-order valence-electron chi connectivity index (χ3n) is 6.83. The summed E-state index contributed by atoms with van der Waals surface area (Å²) in [4.78, 5) is 17.9. The Morgan fingerprint density at radius 2 is 1.23 bits per heavy atom. The first-order valence-electron chi connectivity index (χ1n) is 12.1. The zero-order chi connectivity index (χ0) is 24.2. The molecule has 0 bridgehead atoms. The van der Waals surface area contributed by atoms with Gasteiger partial charge in [0.05, 0.1) is 11.6 Å². The largest absolute Gasteiger partial charge is 0.336 e. The highest BCUT2D eigenvalue weighted by Gasteiger charge is 2.31. The van der Waals surface area contributed by atoms with Crippen molar-refractivity contribution in [3.8, 4) is 11.1 Å². The Labute approximate surface area is 206 Å². The smallest absolute Gasteiger partial charge is 0.257 e. The molecule has 0 atom stereocenters. The second-order valence-corrected chi connectivity index (χ2v) is 9.04. The van der Waals surface area contributed by atoms with Gasteiger partial charge in [-0.2, -0.15) is 0 Å². The molecule has 0 radical (unpaired) electrons. The van der Waals surface area contributed by atoms with Gasteiger partial charge in [0.2, 0.25) is 0 Å². The predicted molar refractivity (Wildman–Crippen MR) is 139 cm³/mol. The molecule has 0 spiro atoms. The first kappa shape index (κ1) is 23.0. The molecule has 0 aliphatic carbocycles. The number of piperazine rings is 1. The first-order chi connectivity index (χ1) is 17.1. The van der Waals surface area contributed by atoms with E-state index in [0.717, 1.165) is 5.56 Å². The van der Waals surface area contributed by atoms with Crippen LogP contribution in [0, 0.1) is 12.7 Å². The van der Waals surface area contributed by atoms with Gasteiger partial charge in [-0.25, -0.2) is 4.39 Å². The van der Waals surface area contributed by atoms with E-state index >= 15 is 4.39 Å². The van der Waals surface area contributed by atoms with Crippen LogP contribution in [-0.4, -0.2) is 41.9 Å². The summed E-state index contributed by atoms with van der Waals surface area (Å²) in [7, 11) is 0. The topological polar surface area (TPSA) is 23.6 Å². The van der Waals surface area contributed by atoms with Gasteiger partial charge in [0.1, 0.15) is 5.82 Å². The second kappa shape index (κ2) is 10.2. The molecule has 1 heterocycles. The molecule has 3 nitrogen and oxygen atoms in total. The molecule has 1 aliphatic rings. The van der Waals surface area contributed by atoms with Crippen molar-refractivity contribution in [1.29, 1.82) is 0 Å². The molecule has 1 fully saturated rings. The number of rotatable bonds is 5. The number of amides is 1. The van der Waals surface area contributed by atoms with Crippen molar-refractivity contribution in [2.75, 3.05) is 26.2 Å². The van der Waals surface area contributed by atoms with E-state index in [1.54, 1.807) is 17.9 Å². The van der Waals surface area contributed by atoms with E-state index in [-0.39, 0.29) is 17.5 Å². The summed E-state index contributed by atoms with van der Waals surface area (Å²) >= 11 is 0. The van der Waals surface area contributed by atoms with Crippen LogP contribution in [-0.2, 0) is 0 Å². The average Bonchev–Trinajstić information content (AvgIpc) is 2.92. The van der Waals surface area contributed by atoms with Gasteiger partial charge in [0.15, 0.2) is 0 Å². The molecule has 1 saturated heterocycles. The van der Waals surface area contributed by atoms with Crippen LogP contribution in [0.25, 0.3) is 11.1 Å². The van der Waals surface area contributed by atoms with E-state index in [0.29, 0.717) is 37.3 Å². The van der Waals surface area contributed by atoms with Gasteiger partial charge < -0.3 is 4.90 Å². The predicted octanol–water partition coefficient (Wildman–Crippen LogP) is 6.35. The lowest BCUT2D eigenvalue weighted by atomic mass is 9.95. The van der Waals surface area contributed by atoms with Gasteiger partial charge in [-0.05, 0) is 34.7 Å².